The average Bonchev–Trinajstić information content (AvgIpc) is 2.89. The fourth-order valence-corrected chi connectivity index (χ4v) is 3.82. The largest absolute Gasteiger partial charge is 0.399 e. The van der Waals surface area contributed by atoms with E-state index in [4.69, 9.17) is 5.73 Å². The first-order valence-corrected chi connectivity index (χ1v) is 8.01. The van der Waals surface area contributed by atoms with Crippen LogP contribution in [0.15, 0.2) is 24.4 Å². The van der Waals surface area contributed by atoms with Crippen LogP contribution < -0.4 is 5.73 Å². The molecule has 1 amide bonds. The molecule has 2 aromatic rings. The second-order valence-corrected chi connectivity index (χ2v) is 6.57. The highest BCUT2D eigenvalue weighted by Gasteiger charge is 2.25. The molecular formula is C15H19N3OS. The van der Waals surface area contributed by atoms with E-state index in [0.717, 1.165) is 41.7 Å². The molecule has 3 N–H and O–H groups in total. The van der Waals surface area contributed by atoms with Crippen LogP contribution in [-0.4, -0.2) is 39.9 Å². The summed E-state index contributed by atoms with van der Waals surface area (Å²) >= 11 is 1.97. The van der Waals surface area contributed by atoms with E-state index >= 15 is 0 Å². The Balaban J connectivity index is 1.90. The Morgan fingerprint density at radius 2 is 2.40 bits per heavy atom. The fourth-order valence-electron chi connectivity index (χ4n) is 2.64. The van der Waals surface area contributed by atoms with E-state index in [1.54, 1.807) is 6.20 Å². The summed E-state index contributed by atoms with van der Waals surface area (Å²) in [7, 11) is 0. The number of nitrogens with zero attached hydrogens (tertiary/aromatic N) is 1. The number of nitrogen functional groups attached to an aromatic ring is 1. The summed E-state index contributed by atoms with van der Waals surface area (Å²) in [5.74, 6) is 1.13. The molecule has 1 aliphatic rings. The third-order valence-electron chi connectivity index (χ3n) is 3.82. The van der Waals surface area contributed by atoms with Crippen molar-refractivity contribution < 1.29 is 4.79 Å². The molecule has 20 heavy (non-hydrogen) atoms. The molecule has 5 heteroatoms. The van der Waals surface area contributed by atoms with E-state index in [1.165, 1.54) is 0 Å². The minimum absolute atomic E-state index is 0.112. The first-order valence-electron chi connectivity index (χ1n) is 6.96. The Hall–Kier alpha value is -1.62. The number of hydrogen-bond donors (Lipinski definition) is 2. The lowest BCUT2D eigenvalue weighted by Gasteiger charge is -2.31. The van der Waals surface area contributed by atoms with Crippen molar-refractivity contribution in [2.75, 3.05) is 24.6 Å². The van der Waals surface area contributed by atoms with Crippen molar-refractivity contribution in [2.24, 2.45) is 0 Å². The lowest BCUT2D eigenvalue weighted by molar-refractivity contribution is 0.0763. The van der Waals surface area contributed by atoms with E-state index in [2.05, 4.69) is 11.9 Å². The molecule has 1 aromatic carbocycles. The summed E-state index contributed by atoms with van der Waals surface area (Å²) in [4.78, 5) is 17.8. The maximum atomic E-state index is 12.7. The number of thioether (sulfide) groups is 1. The summed E-state index contributed by atoms with van der Waals surface area (Å²) < 4.78 is 0. The van der Waals surface area contributed by atoms with Gasteiger partial charge in [-0.2, -0.15) is 11.8 Å². The first kappa shape index (κ1) is 13.4. The van der Waals surface area contributed by atoms with E-state index in [1.807, 2.05) is 34.9 Å². The van der Waals surface area contributed by atoms with Crippen LogP contribution in [-0.2, 0) is 0 Å². The van der Waals surface area contributed by atoms with Gasteiger partial charge in [0.05, 0.1) is 5.56 Å². The standard InChI is InChI=1S/C15H19N3OS/c1-2-11-9-18(5-6-20-11)15(19)13-8-17-14-4-3-10(16)7-12(13)14/h3-4,7-8,11,17H,2,5-6,9,16H2,1H3. The molecule has 0 bridgehead atoms. The number of anilines is 1. The van der Waals surface area contributed by atoms with Gasteiger partial charge >= 0.3 is 0 Å². The van der Waals surface area contributed by atoms with Gasteiger partial charge in [-0.05, 0) is 24.6 Å². The molecule has 106 valence electrons. The number of H-pyrrole nitrogens is 1. The quantitative estimate of drug-likeness (QED) is 0.836. The maximum Gasteiger partial charge on any atom is 0.256 e. The van der Waals surface area contributed by atoms with Gasteiger partial charge in [0.1, 0.15) is 0 Å². The molecule has 4 nitrogen and oxygen atoms in total. The molecule has 1 fully saturated rings. The van der Waals surface area contributed by atoms with Crippen molar-refractivity contribution >= 4 is 34.3 Å². The number of nitrogens with two attached hydrogens (primary N) is 1. The highest BCUT2D eigenvalue weighted by atomic mass is 32.2. The number of fused-ring (bicyclic) bond motifs is 1. The Labute approximate surface area is 122 Å². The molecule has 1 saturated heterocycles. The topological polar surface area (TPSA) is 62.1 Å². The monoisotopic (exact) mass is 289 g/mol. The third kappa shape index (κ3) is 2.38. The van der Waals surface area contributed by atoms with Crippen molar-refractivity contribution in [3.8, 4) is 0 Å². The van der Waals surface area contributed by atoms with E-state index in [0.29, 0.717) is 10.9 Å². The third-order valence-corrected chi connectivity index (χ3v) is 5.19. The SMILES string of the molecule is CCC1CN(C(=O)c2c[nH]c3ccc(N)cc23)CCS1. The van der Waals surface area contributed by atoms with Crippen LogP contribution in [0, 0.1) is 0 Å². The highest BCUT2D eigenvalue weighted by Crippen LogP contribution is 2.26. The van der Waals surface area contributed by atoms with Gasteiger partial charge in [0.25, 0.3) is 5.91 Å². The minimum atomic E-state index is 0.112. The molecule has 0 aliphatic carbocycles. The van der Waals surface area contributed by atoms with Gasteiger partial charge in [-0.1, -0.05) is 6.92 Å². The summed E-state index contributed by atoms with van der Waals surface area (Å²) in [6, 6.07) is 5.63. The second kappa shape index (κ2) is 5.40. The second-order valence-electron chi connectivity index (χ2n) is 5.16. The van der Waals surface area contributed by atoms with Crippen molar-refractivity contribution in [1.29, 1.82) is 0 Å². The number of rotatable bonds is 2. The van der Waals surface area contributed by atoms with Gasteiger partial charge in [0, 0.05) is 46.9 Å². The fraction of sp³-hybridized carbons (Fsp3) is 0.400. The zero-order chi connectivity index (χ0) is 14.1. The molecule has 2 heterocycles. The van der Waals surface area contributed by atoms with Crippen molar-refractivity contribution in [1.82, 2.24) is 9.88 Å². The van der Waals surface area contributed by atoms with Gasteiger partial charge in [-0.15, -0.1) is 0 Å². The molecule has 1 atom stereocenters. The molecule has 0 radical (unpaired) electrons. The molecule has 1 unspecified atom stereocenters. The summed E-state index contributed by atoms with van der Waals surface area (Å²) in [6.45, 7) is 3.85. The zero-order valence-electron chi connectivity index (χ0n) is 11.6. The number of benzene rings is 1. The summed E-state index contributed by atoms with van der Waals surface area (Å²) in [5.41, 5.74) is 8.21. The van der Waals surface area contributed by atoms with Crippen LogP contribution >= 0.6 is 11.8 Å². The number of nitrogens with one attached hydrogen (secondary N) is 1. The smallest absolute Gasteiger partial charge is 0.256 e. The van der Waals surface area contributed by atoms with Gasteiger partial charge in [-0.3, -0.25) is 4.79 Å². The van der Waals surface area contributed by atoms with Gasteiger partial charge in [0.15, 0.2) is 0 Å². The van der Waals surface area contributed by atoms with Crippen LogP contribution in [0.5, 0.6) is 0 Å². The Morgan fingerprint density at radius 3 is 3.20 bits per heavy atom. The molecular weight excluding hydrogens is 270 g/mol. The number of aromatic nitrogens is 1. The Bertz CT molecular complexity index is 637. The summed E-state index contributed by atoms with van der Waals surface area (Å²) in [5, 5.41) is 1.48. The van der Waals surface area contributed by atoms with E-state index in [9.17, 15) is 4.79 Å². The number of carbonyl (C=O) groups excluding carboxylic acids is 1. The van der Waals surface area contributed by atoms with Gasteiger partial charge in [-0.25, -0.2) is 0 Å². The molecule has 0 spiro atoms. The number of carbonyl (C=O) groups is 1. The van der Waals surface area contributed by atoms with Crippen LogP contribution in [0.25, 0.3) is 10.9 Å². The highest BCUT2D eigenvalue weighted by molar-refractivity contribution is 8.00. The maximum absolute atomic E-state index is 12.7. The first-order chi connectivity index (χ1) is 9.69. The summed E-state index contributed by atoms with van der Waals surface area (Å²) in [6.07, 6.45) is 2.91. The minimum Gasteiger partial charge on any atom is -0.399 e. The molecule has 1 aliphatic heterocycles. The van der Waals surface area contributed by atoms with Crippen molar-refractivity contribution in [2.45, 2.75) is 18.6 Å². The Kier molecular flexibility index (Phi) is 3.61. The lowest BCUT2D eigenvalue weighted by atomic mass is 10.1. The molecule has 3 rings (SSSR count). The van der Waals surface area contributed by atoms with E-state index < -0.39 is 0 Å². The van der Waals surface area contributed by atoms with Gasteiger partial charge < -0.3 is 15.6 Å². The molecule has 1 aromatic heterocycles. The predicted molar refractivity (Wildman–Crippen MR) is 85.2 cm³/mol. The predicted octanol–water partition coefficient (Wildman–Crippen LogP) is 2.72. The number of amides is 1. The van der Waals surface area contributed by atoms with Crippen LogP contribution in [0.1, 0.15) is 23.7 Å². The van der Waals surface area contributed by atoms with E-state index in [-0.39, 0.29) is 5.91 Å². The van der Waals surface area contributed by atoms with Crippen molar-refractivity contribution in [3.63, 3.8) is 0 Å². The van der Waals surface area contributed by atoms with Crippen molar-refractivity contribution in [3.05, 3.63) is 30.0 Å². The Morgan fingerprint density at radius 1 is 1.55 bits per heavy atom. The molecule has 0 saturated carbocycles. The van der Waals surface area contributed by atoms with Crippen LogP contribution in [0.4, 0.5) is 5.69 Å². The number of hydrogen-bond acceptors (Lipinski definition) is 3. The normalized spacial score (nSPS) is 19.4. The number of aromatic amines is 1. The van der Waals surface area contributed by atoms with Crippen LogP contribution in [0.2, 0.25) is 0 Å². The average molecular weight is 289 g/mol. The van der Waals surface area contributed by atoms with Crippen LogP contribution in [0.3, 0.4) is 0 Å². The lowest BCUT2D eigenvalue weighted by Crippen LogP contribution is -2.41. The van der Waals surface area contributed by atoms with Gasteiger partial charge in [0.2, 0.25) is 0 Å². The zero-order valence-corrected chi connectivity index (χ0v) is 12.4.